The predicted molar refractivity (Wildman–Crippen MR) is 78.9 cm³/mol. The Balaban J connectivity index is 1.54. The minimum atomic E-state index is -0.681. The third-order valence-corrected chi connectivity index (χ3v) is 3.71. The second kappa shape index (κ2) is 6.10. The summed E-state index contributed by atoms with van der Waals surface area (Å²) in [6, 6.07) is 9.37. The second-order valence-corrected chi connectivity index (χ2v) is 5.51. The molecule has 1 aromatic heterocycles. The van der Waals surface area contributed by atoms with Crippen LogP contribution in [0, 0.1) is 5.92 Å². The van der Waals surface area contributed by atoms with E-state index in [2.05, 4.69) is 10.4 Å². The van der Waals surface area contributed by atoms with E-state index >= 15 is 0 Å². The van der Waals surface area contributed by atoms with Gasteiger partial charge in [0.05, 0.1) is 11.8 Å². The Morgan fingerprint density at radius 3 is 2.76 bits per heavy atom. The highest BCUT2D eigenvalue weighted by atomic mass is 16.3. The third kappa shape index (κ3) is 3.70. The molecule has 1 heterocycles. The topological polar surface area (TPSA) is 67.2 Å². The van der Waals surface area contributed by atoms with Crippen LogP contribution in [0.4, 0.5) is 0 Å². The number of rotatable bonds is 6. The van der Waals surface area contributed by atoms with Gasteiger partial charge in [0, 0.05) is 25.4 Å². The highest BCUT2D eigenvalue weighted by Gasteiger charge is 2.24. The zero-order valence-corrected chi connectivity index (χ0v) is 11.8. The van der Waals surface area contributed by atoms with Crippen LogP contribution in [0.5, 0.6) is 0 Å². The first-order chi connectivity index (χ1) is 10.2. The number of hydrogen-bond acceptors (Lipinski definition) is 3. The summed E-state index contributed by atoms with van der Waals surface area (Å²) >= 11 is 0. The Morgan fingerprint density at radius 2 is 2.14 bits per heavy atom. The zero-order chi connectivity index (χ0) is 14.7. The van der Waals surface area contributed by atoms with Crippen LogP contribution in [0.2, 0.25) is 0 Å². The Labute approximate surface area is 123 Å². The van der Waals surface area contributed by atoms with Gasteiger partial charge in [-0.15, -0.1) is 0 Å². The molecule has 0 radical (unpaired) electrons. The van der Waals surface area contributed by atoms with Gasteiger partial charge in [-0.3, -0.25) is 4.79 Å². The lowest BCUT2D eigenvalue weighted by Crippen LogP contribution is -2.28. The van der Waals surface area contributed by atoms with Gasteiger partial charge in [0.15, 0.2) is 0 Å². The molecule has 1 amide bonds. The lowest BCUT2D eigenvalue weighted by Gasteiger charge is -2.13. The maximum atomic E-state index is 11.6. The van der Waals surface area contributed by atoms with Crippen LogP contribution in [0.3, 0.4) is 0 Å². The Hall–Kier alpha value is -2.14. The maximum absolute atomic E-state index is 11.6. The molecule has 2 aromatic rings. The van der Waals surface area contributed by atoms with Gasteiger partial charge in [-0.1, -0.05) is 12.1 Å². The molecule has 0 bridgehead atoms. The number of aromatic nitrogens is 2. The Morgan fingerprint density at radius 1 is 1.38 bits per heavy atom. The summed E-state index contributed by atoms with van der Waals surface area (Å²) in [6.07, 6.45) is 5.81. The molecule has 1 aliphatic rings. The molecule has 1 unspecified atom stereocenters. The number of carbonyl (C=O) groups excluding carboxylic acids is 1. The van der Waals surface area contributed by atoms with E-state index in [1.54, 1.807) is 10.9 Å². The molecule has 2 N–H and O–H groups in total. The number of aliphatic hydroxyl groups is 1. The van der Waals surface area contributed by atoms with Gasteiger partial charge in [-0.05, 0) is 42.5 Å². The minimum absolute atomic E-state index is 0.0321. The largest absolute Gasteiger partial charge is 0.387 e. The summed E-state index contributed by atoms with van der Waals surface area (Å²) < 4.78 is 1.76. The number of carbonyl (C=O) groups is 1. The standard InChI is InChI=1S/C16H19N3O2/c20-15(11-17-16(21)10-12-2-3-12)13-4-6-14(7-5-13)19-9-1-8-18-19/h1,4-9,12,15,20H,2-3,10-11H2,(H,17,21). The van der Waals surface area contributed by atoms with Gasteiger partial charge in [0.1, 0.15) is 0 Å². The maximum Gasteiger partial charge on any atom is 0.220 e. The van der Waals surface area contributed by atoms with Crippen LogP contribution in [-0.2, 0) is 4.79 Å². The average Bonchev–Trinajstić information content (AvgIpc) is 3.15. The number of nitrogens with zero attached hydrogens (tertiary/aromatic N) is 2. The zero-order valence-electron chi connectivity index (χ0n) is 11.8. The van der Waals surface area contributed by atoms with E-state index < -0.39 is 6.10 Å². The average molecular weight is 285 g/mol. The fourth-order valence-corrected chi connectivity index (χ4v) is 2.26. The first kappa shape index (κ1) is 13.8. The van der Waals surface area contributed by atoms with Gasteiger partial charge in [0.25, 0.3) is 0 Å². The summed E-state index contributed by atoms with van der Waals surface area (Å²) in [7, 11) is 0. The number of aliphatic hydroxyl groups excluding tert-OH is 1. The van der Waals surface area contributed by atoms with Crippen molar-refractivity contribution in [2.75, 3.05) is 6.54 Å². The predicted octanol–water partition coefficient (Wildman–Crippen LogP) is 1.82. The lowest BCUT2D eigenvalue weighted by molar-refractivity contribution is -0.121. The van der Waals surface area contributed by atoms with Crippen LogP contribution in [-0.4, -0.2) is 27.3 Å². The van der Waals surface area contributed by atoms with Crippen molar-refractivity contribution >= 4 is 5.91 Å². The fraction of sp³-hybridized carbons (Fsp3) is 0.375. The molecular formula is C16H19N3O2. The van der Waals surface area contributed by atoms with Crippen LogP contribution in [0.1, 0.15) is 30.9 Å². The number of nitrogens with one attached hydrogen (secondary N) is 1. The van der Waals surface area contributed by atoms with Crippen LogP contribution in [0.15, 0.2) is 42.7 Å². The van der Waals surface area contributed by atoms with E-state index in [9.17, 15) is 9.90 Å². The first-order valence-corrected chi connectivity index (χ1v) is 7.27. The highest BCUT2D eigenvalue weighted by molar-refractivity contribution is 5.76. The van der Waals surface area contributed by atoms with Crippen molar-refractivity contribution in [3.05, 3.63) is 48.3 Å². The molecule has 0 saturated heterocycles. The molecule has 1 atom stereocenters. The number of hydrogen-bond donors (Lipinski definition) is 2. The van der Waals surface area contributed by atoms with E-state index in [1.165, 1.54) is 0 Å². The molecule has 3 rings (SSSR count). The van der Waals surface area contributed by atoms with E-state index in [1.807, 2.05) is 36.5 Å². The molecular weight excluding hydrogens is 266 g/mol. The Kier molecular flexibility index (Phi) is 4.01. The van der Waals surface area contributed by atoms with Crippen molar-refractivity contribution in [2.24, 2.45) is 5.92 Å². The van der Waals surface area contributed by atoms with Crippen LogP contribution in [0.25, 0.3) is 5.69 Å². The van der Waals surface area contributed by atoms with Crippen molar-refractivity contribution in [2.45, 2.75) is 25.4 Å². The highest BCUT2D eigenvalue weighted by Crippen LogP contribution is 2.32. The molecule has 5 nitrogen and oxygen atoms in total. The summed E-state index contributed by atoms with van der Waals surface area (Å²) in [5.74, 6) is 0.597. The number of benzene rings is 1. The normalized spacial score (nSPS) is 15.7. The van der Waals surface area contributed by atoms with Gasteiger partial charge in [-0.25, -0.2) is 4.68 Å². The van der Waals surface area contributed by atoms with Crippen LogP contribution >= 0.6 is 0 Å². The Bertz CT molecular complexity index is 588. The molecule has 21 heavy (non-hydrogen) atoms. The summed E-state index contributed by atoms with van der Waals surface area (Å²) in [5.41, 5.74) is 1.73. The molecule has 110 valence electrons. The molecule has 0 aliphatic heterocycles. The molecule has 5 heteroatoms. The quantitative estimate of drug-likeness (QED) is 0.850. The van der Waals surface area contributed by atoms with Gasteiger partial charge in [0.2, 0.25) is 5.91 Å². The summed E-state index contributed by atoms with van der Waals surface area (Å²) in [4.78, 5) is 11.6. The first-order valence-electron chi connectivity index (χ1n) is 7.27. The van der Waals surface area contributed by atoms with Crippen LogP contribution < -0.4 is 5.32 Å². The van der Waals surface area contributed by atoms with E-state index in [-0.39, 0.29) is 12.5 Å². The number of amides is 1. The van der Waals surface area contributed by atoms with Crippen molar-refractivity contribution in [3.63, 3.8) is 0 Å². The van der Waals surface area contributed by atoms with Crippen molar-refractivity contribution in [1.29, 1.82) is 0 Å². The molecule has 1 aromatic carbocycles. The molecule has 1 fully saturated rings. The van der Waals surface area contributed by atoms with Gasteiger partial charge >= 0.3 is 0 Å². The van der Waals surface area contributed by atoms with E-state index in [4.69, 9.17) is 0 Å². The third-order valence-electron chi connectivity index (χ3n) is 3.71. The fourth-order valence-electron chi connectivity index (χ4n) is 2.26. The summed E-state index contributed by atoms with van der Waals surface area (Å²) in [6.45, 7) is 0.257. The van der Waals surface area contributed by atoms with Crippen molar-refractivity contribution < 1.29 is 9.90 Å². The van der Waals surface area contributed by atoms with E-state index in [0.29, 0.717) is 12.3 Å². The smallest absolute Gasteiger partial charge is 0.220 e. The summed E-state index contributed by atoms with van der Waals surface area (Å²) in [5, 5.41) is 17.0. The molecule has 0 spiro atoms. The SMILES string of the molecule is O=C(CC1CC1)NCC(O)c1ccc(-n2cccn2)cc1. The monoisotopic (exact) mass is 285 g/mol. The van der Waals surface area contributed by atoms with Crippen molar-refractivity contribution in [1.82, 2.24) is 15.1 Å². The van der Waals surface area contributed by atoms with Gasteiger partial charge in [-0.2, -0.15) is 5.10 Å². The van der Waals surface area contributed by atoms with Crippen molar-refractivity contribution in [3.8, 4) is 5.69 Å². The van der Waals surface area contributed by atoms with Gasteiger partial charge < -0.3 is 10.4 Å². The second-order valence-electron chi connectivity index (χ2n) is 5.51. The molecule has 1 aliphatic carbocycles. The van der Waals surface area contributed by atoms with E-state index in [0.717, 1.165) is 24.1 Å². The minimum Gasteiger partial charge on any atom is -0.387 e. The molecule has 1 saturated carbocycles. The lowest BCUT2D eigenvalue weighted by atomic mass is 10.1.